The molecule has 0 amide bonds. The predicted octanol–water partition coefficient (Wildman–Crippen LogP) is 3.42. The number of aliphatic hydroxyl groups is 1. The topological polar surface area (TPSA) is 38.0 Å². The van der Waals surface area contributed by atoms with E-state index < -0.39 is 0 Å². The Morgan fingerprint density at radius 3 is 2.53 bits per heavy atom. The van der Waals surface area contributed by atoms with Gasteiger partial charge < -0.3 is 5.11 Å². The average molecular weight is 264 g/mol. The molecule has 0 radical (unpaired) electrons. The van der Waals surface area contributed by atoms with E-state index in [9.17, 15) is 5.11 Å². The Kier molecular flexibility index (Phi) is 4.34. The van der Waals surface area contributed by atoms with Crippen LogP contribution in [0.15, 0.2) is 0 Å². The second-order valence-electron chi connectivity index (χ2n) is 6.40. The first-order chi connectivity index (χ1) is 8.95. The number of hydrogen-bond donors (Lipinski definition) is 1. The number of aryl methyl sites for hydroxylation is 1. The maximum atomic E-state index is 10.4. The van der Waals surface area contributed by atoms with Gasteiger partial charge in [-0.25, -0.2) is 0 Å². The fourth-order valence-corrected chi connectivity index (χ4v) is 3.56. The quantitative estimate of drug-likeness (QED) is 0.908. The van der Waals surface area contributed by atoms with Crippen molar-refractivity contribution < 1.29 is 5.11 Å². The zero-order chi connectivity index (χ0) is 14.2. The number of rotatable bonds is 3. The molecule has 3 unspecified atom stereocenters. The molecule has 1 heterocycles. The Balaban J connectivity index is 2.28. The lowest BCUT2D eigenvalue weighted by atomic mass is 9.78. The van der Waals surface area contributed by atoms with Gasteiger partial charge in [0.05, 0.1) is 17.8 Å². The summed E-state index contributed by atoms with van der Waals surface area (Å²) in [6, 6.07) is 0.167. The molecule has 0 saturated heterocycles. The molecule has 1 aromatic heterocycles. The van der Waals surface area contributed by atoms with Gasteiger partial charge in [0, 0.05) is 5.69 Å². The lowest BCUT2D eigenvalue weighted by Crippen LogP contribution is -2.34. The van der Waals surface area contributed by atoms with Crippen LogP contribution in [-0.4, -0.2) is 21.0 Å². The summed E-state index contributed by atoms with van der Waals surface area (Å²) >= 11 is 0. The van der Waals surface area contributed by atoms with E-state index >= 15 is 0 Å². The minimum absolute atomic E-state index is 0.167. The number of nitrogens with zero attached hydrogens (tertiary/aromatic N) is 2. The van der Waals surface area contributed by atoms with Gasteiger partial charge in [0.2, 0.25) is 0 Å². The van der Waals surface area contributed by atoms with E-state index in [1.54, 1.807) is 0 Å². The van der Waals surface area contributed by atoms with Crippen LogP contribution in [0.3, 0.4) is 0 Å². The maximum Gasteiger partial charge on any atom is 0.0784 e. The first-order valence-electron chi connectivity index (χ1n) is 7.68. The standard InChI is InChI=1S/C16H28N2O/c1-6-14-11(4)17-18(12(14)5)15-9-13(10(2)3)7-8-16(15)19/h10,13,15-16,19H,6-9H2,1-5H3. The number of aromatic nitrogens is 2. The SMILES string of the molecule is CCc1c(C)nn(C2CC(C(C)C)CCC2O)c1C. The van der Waals surface area contributed by atoms with Gasteiger partial charge in [-0.3, -0.25) is 4.68 Å². The van der Waals surface area contributed by atoms with Crippen molar-refractivity contribution in [3.05, 3.63) is 17.0 Å². The molecule has 0 spiro atoms. The fraction of sp³-hybridized carbons (Fsp3) is 0.812. The second-order valence-corrected chi connectivity index (χ2v) is 6.40. The van der Waals surface area contributed by atoms with Crippen molar-refractivity contribution in [1.82, 2.24) is 9.78 Å². The van der Waals surface area contributed by atoms with Crippen molar-refractivity contribution in [3.63, 3.8) is 0 Å². The highest BCUT2D eigenvalue weighted by atomic mass is 16.3. The Morgan fingerprint density at radius 1 is 1.32 bits per heavy atom. The smallest absolute Gasteiger partial charge is 0.0784 e. The Labute approximate surface area is 117 Å². The zero-order valence-corrected chi connectivity index (χ0v) is 13.0. The summed E-state index contributed by atoms with van der Waals surface area (Å²) in [5.74, 6) is 1.40. The van der Waals surface area contributed by atoms with Gasteiger partial charge in [-0.05, 0) is 56.9 Å². The molecule has 1 aliphatic rings. The molecule has 3 atom stereocenters. The van der Waals surface area contributed by atoms with E-state index in [-0.39, 0.29) is 12.1 Å². The van der Waals surface area contributed by atoms with Crippen molar-refractivity contribution in [2.45, 2.75) is 72.4 Å². The summed E-state index contributed by atoms with van der Waals surface area (Å²) < 4.78 is 2.10. The van der Waals surface area contributed by atoms with Gasteiger partial charge >= 0.3 is 0 Å². The van der Waals surface area contributed by atoms with E-state index in [1.165, 1.54) is 11.3 Å². The van der Waals surface area contributed by atoms with Gasteiger partial charge in [-0.15, -0.1) is 0 Å². The van der Waals surface area contributed by atoms with Crippen LogP contribution in [0.4, 0.5) is 0 Å². The first-order valence-corrected chi connectivity index (χ1v) is 7.68. The lowest BCUT2D eigenvalue weighted by molar-refractivity contribution is 0.0372. The molecule has 2 rings (SSSR count). The first kappa shape index (κ1) is 14.6. The van der Waals surface area contributed by atoms with E-state index in [4.69, 9.17) is 5.10 Å². The molecule has 3 heteroatoms. The van der Waals surface area contributed by atoms with Crippen molar-refractivity contribution >= 4 is 0 Å². The number of aliphatic hydroxyl groups excluding tert-OH is 1. The zero-order valence-electron chi connectivity index (χ0n) is 13.0. The molecular weight excluding hydrogens is 236 g/mol. The largest absolute Gasteiger partial charge is 0.391 e. The third-order valence-corrected chi connectivity index (χ3v) is 4.91. The van der Waals surface area contributed by atoms with Crippen LogP contribution in [0, 0.1) is 25.7 Å². The normalized spacial score (nSPS) is 28.1. The maximum absolute atomic E-state index is 10.4. The summed E-state index contributed by atoms with van der Waals surface area (Å²) in [5.41, 5.74) is 3.71. The summed E-state index contributed by atoms with van der Waals surface area (Å²) in [7, 11) is 0. The third kappa shape index (κ3) is 2.71. The van der Waals surface area contributed by atoms with Gasteiger partial charge in [0.1, 0.15) is 0 Å². The summed E-state index contributed by atoms with van der Waals surface area (Å²) in [6.45, 7) is 11.0. The van der Waals surface area contributed by atoms with Crippen LogP contribution >= 0.6 is 0 Å². The summed E-state index contributed by atoms with van der Waals surface area (Å²) in [5, 5.41) is 15.1. The molecule has 0 bridgehead atoms. The van der Waals surface area contributed by atoms with Crippen molar-refractivity contribution in [2.24, 2.45) is 11.8 Å². The summed E-state index contributed by atoms with van der Waals surface area (Å²) in [4.78, 5) is 0. The van der Waals surface area contributed by atoms with Crippen LogP contribution in [0.1, 0.15) is 63.0 Å². The number of hydrogen-bond acceptors (Lipinski definition) is 2. The Hall–Kier alpha value is -0.830. The molecule has 1 saturated carbocycles. The molecule has 0 aliphatic heterocycles. The van der Waals surface area contributed by atoms with E-state index in [0.29, 0.717) is 11.8 Å². The van der Waals surface area contributed by atoms with Crippen LogP contribution in [0.2, 0.25) is 0 Å². The minimum Gasteiger partial charge on any atom is -0.391 e. The van der Waals surface area contributed by atoms with Crippen LogP contribution in [0.5, 0.6) is 0 Å². The fourth-order valence-electron chi connectivity index (χ4n) is 3.56. The van der Waals surface area contributed by atoms with E-state index in [2.05, 4.69) is 39.3 Å². The highest BCUT2D eigenvalue weighted by molar-refractivity contribution is 5.25. The monoisotopic (exact) mass is 264 g/mol. The minimum atomic E-state index is -0.238. The van der Waals surface area contributed by atoms with Crippen molar-refractivity contribution in [1.29, 1.82) is 0 Å². The Bertz CT molecular complexity index is 436. The third-order valence-electron chi connectivity index (χ3n) is 4.91. The molecule has 1 N–H and O–H groups in total. The van der Waals surface area contributed by atoms with Crippen LogP contribution in [-0.2, 0) is 6.42 Å². The van der Waals surface area contributed by atoms with Crippen molar-refractivity contribution in [3.8, 4) is 0 Å². The second kappa shape index (κ2) is 5.66. The lowest BCUT2D eigenvalue weighted by Gasteiger charge is -2.36. The van der Waals surface area contributed by atoms with E-state index in [1.807, 2.05) is 0 Å². The van der Waals surface area contributed by atoms with Gasteiger partial charge in [-0.2, -0.15) is 5.10 Å². The predicted molar refractivity (Wildman–Crippen MR) is 78.3 cm³/mol. The van der Waals surface area contributed by atoms with Gasteiger partial charge in [0.15, 0.2) is 0 Å². The van der Waals surface area contributed by atoms with Gasteiger partial charge in [0.25, 0.3) is 0 Å². The molecule has 3 nitrogen and oxygen atoms in total. The van der Waals surface area contributed by atoms with Crippen LogP contribution in [0.25, 0.3) is 0 Å². The summed E-state index contributed by atoms with van der Waals surface area (Å²) in [6.07, 6.45) is 3.90. The van der Waals surface area contributed by atoms with Crippen LogP contribution < -0.4 is 0 Å². The Morgan fingerprint density at radius 2 is 2.00 bits per heavy atom. The molecule has 19 heavy (non-hydrogen) atoms. The van der Waals surface area contributed by atoms with E-state index in [0.717, 1.165) is 31.4 Å². The molecule has 108 valence electrons. The molecule has 0 aromatic carbocycles. The molecule has 1 fully saturated rings. The molecular formula is C16H28N2O. The highest BCUT2D eigenvalue weighted by Crippen LogP contribution is 2.37. The van der Waals surface area contributed by atoms with Crippen molar-refractivity contribution in [2.75, 3.05) is 0 Å². The molecule has 1 aliphatic carbocycles. The van der Waals surface area contributed by atoms with Gasteiger partial charge in [-0.1, -0.05) is 20.8 Å². The average Bonchev–Trinajstić information content (AvgIpc) is 2.64. The highest BCUT2D eigenvalue weighted by Gasteiger charge is 2.33. The molecule has 1 aromatic rings.